The van der Waals surface area contributed by atoms with Crippen LogP contribution in [0.4, 0.5) is 0 Å². The fraction of sp³-hybridized carbons (Fsp3) is 0.0656. The van der Waals surface area contributed by atoms with Crippen molar-refractivity contribution in [1.82, 2.24) is 19.5 Å². The predicted octanol–water partition coefficient (Wildman–Crippen LogP) is 14.5. The summed E-state index contributed by atoms with van der Waals surface area (Å²) in [4.78, 5) is 14.1. The molecule has 67 heavy (non-hydrogen) atoms. The van der Waals surface area contributed by atoms with Crippen LogP contribution >= 0.6 is 0 Å². The van der Waals surface area contributed by atoms with E-state index < -0.39 is 0 Å². The van der Waals surface area contributed by atoms with E-state index in [2.05, 4.69) is 142 Å². The topological polar surface area (TPSA) is 56.7 Å². The second-order valence-electron chi connectivity index (χ2n) is 16.4. The number of pyridine rings is 2. The Balaban J connectivity index is 0.000000155. The van der Waals surface area contributed by atoms with Gasteiger partial charge in [-0.25, -0.2) is 0 Å². The molecule has 0 radical (unpaired) electrons. The molecular weight excluding hydrogens is 997 g/mol. The van der Waals surface area contributed by atoms with Crippen molar-refractivity contribution in [1.29, 1.82) is 0 Å². The van der Waals surface area contributed by atoms with Gasteiger partial charge in [0.15, 0.2) is 0 Å². The molecule has 0 spiro atoms. The number of para-hydroxylation sites is 3. The van der Waals surface area contributed by atoms with Crippen LogP contribution in [0.1, 0.15) is 22.3 Å². The molecule has 0 amide bonds. The smallest absolute Gasteiger partial charge is 0.500 e. The minimum Gasteiger partial charge on any atom is -0.500 e. The van der Waals surface area contributed by atoms with Crippen molar-refractivity contribution in [2.75, 3.05) is 0 Å². The van der Waals surface area contributed by atoms with Gasteiger partial charge in [-0.15, -0.1) is 89.5 Å². The Morgan fingerprint density at radius 2 is 1.18 bits per heavy atom. The Morgan fingerprint density at radius 3 is 1.99 bits per heavy atom. The van der Waals surface area contributed by atoms with Gasteiger partial charge in [-0.3, -0.25) is 4.98 Å². The first-order valence-electron chi connectivity index (χ1n) is 22.4. The Kier molecular flexibility index (Phi) is 12.7. The maximum absolute atomic E-state index is 6.55. The SMILES string of the molecule is [Ir+3].[c-]1ccc2c(oc3c4ccccc4ccc23)c1-c1nc2ccccc2n1-c1ccccc1.[c-]1ccccc1-c1ccc(CCc2cccc(CCc3cc[c-]c(-c4ccccn4)c3)c2)cn1. The van der Waals surface area contributed by atoms with Crippen LogP contribution in [0, 0.1) is 18.2 Å². The predicted molar refractivity (Wildman–Crippen MR) is 268 cm³/mol. The number of nitrogens with zero attached hydrogens (tertiary/aromatic N) is 4. The van der Waals surface area contributed by atoms with Crippen molar-refractivity contribution in [2.24, 2.45) is 0 Å². The molecule has 4 heterocycles. The van der Waals surface area contributed by atoms with Crippen LogP contribution in [0.25, 0.3) is 83.3 Å². The molecule has 0 saturated heterocycles. The van der Waals surface area contributed by atoms with Crippen LogP contribution in [0.5, 0.6) is 0 Å². The van der Waals surface area contributed by atoms with Gasteiger partial charge in [0.05, 0.1) is 22.4 Å². The summed E-state index contributed by atoms with van der Waals surface area (Å²) in [5.41, 5.74) is 15.0. The molecule has 6 heteroatoms. The molecule has 0 aliphatic rings. The Hall–Kier alpha value is -7.76. The third kappa shape index (κ3) is 9.23. The van der Waals surface area contributed by atoms with Crippen molar-refractivity contribution in [3.63, 3.8) is 0 Å². The monoisotopic (exact) mass is 1040 g/mol. The van der Waals surface area contributed by atoms with Gasteiger partial charge in [-0.1, -0.05) is 126 Å². The van der Waals surface area contributed by atoms with Gasteiger partial charge in [-0.05, 0) is 89.5 Å². The van der Waals surface area contributed by atoms with Crippen LogP contribution in [-0.2, 0) is 45.8 Å². The molecule has 322 valence electrons. The summed E-state index contributed by atoms with van der Waals surface area (Å²) in [5, 5.41) is 4.47. The molecule has 0 atom stereocenters. The maximum atomic E-state index is 6.55. The number of furan rings is 1. The van der Waals surface area contributed by atoms with Crippen LogP contribution in [0.15, 0.2) is 217 Å². The molecule has 0 N–H and O–H groups in total. The van der Waals surface area contributed by atoms with Gasteiger partial charge >= 0.3 is 20.1 Å². The second-order valence-corrected chi connectivity index (χ2v) is 16.4. The molecule has 8 aromatic carbocycles. The average Bonchev–Trinajstić information content (AvgIpc) is 3.98. The van der Waals surface area contributed by atoms with Gasteiger partial charge in [0.25, 0.3) is 0 Å². The van der Waals surface area contributed by atoms with Crippen LogP contribution < -0.4 is 0 Å². The molecule has 0 aliphatic carbocycles. The van der Waals surface area contributed by atoms with Crippen LogP contribution in [0.2, 0.25) is 0 Å². The van der Waals surface area contributed by atoms with Crippen LogP contribution in [0.3, 0.4) is 0 Å². The number of rotatable bonds is 10. The fourth-order valence-corrected chi connectivity index (χ4v) is 8.81. The molecular formula is C61H43IrN4O. The van der Waals surface area contributed by atoms with E-state index in [4.69, 9.17) is 9.40 Å². The Bertz CT molecular complexity index is 3590. The van der Waals surface area contributed by atoms with Crippen molar-refractivity contribution in [3.05, 3.63) is 253 Å². The van der Waals surface area contributed by atoms with E-state index in [0.717, 1.165) is 104 Å². The summed E-state index contributed by atoms with van der Waals surface area (Å²) >= 11 is 0. The molecule has 0 aliphatic heterocycles. The summed E-state index contributed by atoms with van der Waals surface area (Å²) in [6, 6.07) is 78.7. The van der Waals surface area contributed by atoms with Crippen molar-refractivity contribution >= 4 is 43.7 Å². The third-order valence-corrected chi connectivity index (χ3v) is 12.1. The molecule has 12 rings (SSSR count). The number of aromatic nitrogens is 4. The van der Waals surface area contributed by atoms with E-state index in [9.17, 15) is 0 Å². The van der Waals surface area contributed by atoms with E-state index in [1.165, 1.54) is 27.6 Å². The quantitative estimate of drug-likeness (QED) is 0.128. The Labute approximate surface area is 403 Å². The number of aryl methyl sites for hydroxylation is 4. The van der Waals surface area contributed by atoms with Gasteiger partial charge in [-0.2, -0.15) is 0 Å². The fourth-order valence-electron chi connectivity index (χ4n) is 8.81. The summed E-state index contributed by atoms with van der Waals surface area (Å²) < 4.78 is 8.74. The normalized spacial score (nSPS) is 11.1. The van der Waals surface area contributed by atoms with Gasteiger partial charge in [0.1, 0.15) is 5.58 Å². The molecule has 4 aromatic heterocycles. The summed E-state index contributed by atoms with van der Waals surface area (Å²) in [5.74, 6) is 0.825. The molecule has 12 aromatic rings. The second kappa shape index (κ2) is 19.8. The minimum atomic E-state index is 0. The number of benzene rings is 8. The minimum absolute atomic E-state index is 0. The number of imidazole rings is 1. The summed E-state index contributed by atoms with van der Waals surface area (Å²) in [6.07, 6.45) is 7.83. The van der Waals surface area contributed by atoms with Crippen molar-refractivity contribution in [2.45, 2.75) is 25.7 Å². The van der Waals surface area contributed by atoms with E-state index >= 15 is 0 Å². The number of hydrogen-bond donors (Lipinski definition) is 0. The maximum Gasteiger partial charge on any atom is 3.00 e. The van der Waals surface area contributed by atoms with Crippen LogP contribution in [-0.4, -0.2) is 19.5 Å². The van der Waals surface area contributed by atoms with E-state index in [-0.39, 0.29) is 20.1 Å². The number of fused-ring (bicyclic) bond motifs is 6. The van der Waals surface area contributed by atoms with Gasteiger partial charge < -0.3 is 19.0 Å². The van der Waals surface area contributed by atoms with E-state index in [1.807, 2.05) is 103 Å². The third-order valence-electron chi connectivity index (χ3n) is 12.1. The first-order valence-corrected chi connectivity index (χ1v) is 22.4. The first kappa shape index (κ1) is 43.1. The molecule has 0 fully saturated rings. The number of hydrogen-bond acceptors (Lipinski definition) is 4. The molecule has 0 bridgehead atoms. The largest absolute Gasteiger partial charge is 3.00 e. The van der Waals surface area contributed by atoms with E-state index in [0.29, 0.717) is 0 Å². The summed E-state index contributed by atoms with van der Waals surface area (Å²) in [6.45, 7) is 0. The summed E-state index contributed by atoms with van der Waals surface area (Å²) in [7, 11) is 0. The van der Waals surface area contributed by atoms with Gasteiger partial charge in [0.2, 0.25) is 0 Å². The average molecular weight is 1040 g/mol. The zero-order valence-corrected chi connectivity index (χ0v) is 39.0. The van der Waals surface area contributed by atoms with Crippen molar-refractivity contribution < 1.29 is 24.5 Å². The van der Waals surface area contributed by atoms with Crippen molar-refractivity contribution in [3.8, 4) is 39.6 Å². The molecule has 5 nitrogen and oxygen atoms in total. The zero-order chi connectivity index (χ0) is 44.1. The standard InChI is InChI=1S/C32H26N2.C29H17N2O.Ir/c1-2-11-29(12-3-1)32-20-19-28(24-34-32)18-17-26-9-6-8-25(22-26)15-16-27-10-7-13-30(23-27)31-14-4-5-21-33-31;1-2-10-20(11-3-1)31-26-16-7-6-15-25(26)30-29(31)24-14-8-13-22-23-18-17-19-9-4-5-12-21(19)27(23)32-28(22)24;/h1-11,14,19-24H,15-18H2;1-13,15-18H;/q-2;-1;+3. The first-order chi connectivity index (χ1) is 32.7. The Morgan fingerprint density at radius 1 is 0.463 bits per heavy atom. The molecule has 0 saturated carbocycles. The zero-order valence-electron chi connectivity index (χ0n) is 36.6. The van der Waals surface area contributed by atoms with E-state index in [1.54, 1.807) is 0 Å². The van der Waals surface area contributed by atoms with Gasteiger partial charge in [0, 0.05) is 28.9 Å². The molecule has 0 unspecified atom stereocenters.